The summed E-state index contributed by atoms with van der Waals surface area (Å²) in [5, 5.41) is 3.26. The zero-order chi connectivity index (χ0) is 20.8. The Labute approximate surface area is 177 Å². The Morgan fingerprint density at radius 2 is 1.70 bits per heavy atom. The van der Waals surface area contributed by atoms with E-state index in [2.05, 4.69) is 39.5 Å². The molecule has 1 aromatic heterocycles. The van der Waals surface area contributed by atoms with E-state index in [0.29, 0.717) is 30.2 Å². The minimum Gasteiger partial charge on any atom is -0.495 e. The molecular weight excluding hydrogens is 376 g/mol. The fourth-order valence-electron chi connectivity index (χ4n) is 3.67. The number of rotatable bonds is 6. The minimum absolute atomic E-state index is 0.000130. The van der Waals surface area contributed by atoms with Gasteiger partial charge < -0.3 is 15.0 Å². The third kappa shape index (κ3) is 4.60. The van der Waals surface area contributed by atoms with Crippen LogP contribution in [0.2, 0.25) is 0 Å². The average molecular weight is 402 g/mol. The molecule has 0 atom stereocenters. The number of hydrogen-bond acceptors (Lipinski definition) is 5. The summed E-state index contributed by atoms with van der Waals surface area (Å²) in [5.74, 6) is 1.25. The Bertz CT molecular complexity index is 985. The summed E-state index contributed by atoms with van der Waals surface area (Å²) in [7, 11) is 1.62. The van der Waals surface area contributed by atoms with Crippen LogP contribution in [0.5, 0.6) is 5.75 Å². The van der Waals surface area contributed by atoms with Gasteiger partial charge in [0.15, 0.2) is 0 Å². The number of carbonyl (C=O) groups excluding carboxylic acids is 1. The molecule has 1 fully saturated rings. The van der Waals surface area contributed by atoms with Crippen LogP contribution in [0, 0.1) is 0 Å². The maximum atomic E-state index is 13.2. The highest BCUT2D eigenvalue weighted by molar-refractivity contribution is 5.99. The van der Waals surface area contributed by atoms with Crippen molar-refractivity contribution in [3.05, 3.63) is 84.1 Å². The van der Waals surface area contributed by atoms with Crippen molar-refractivity contribution < 1.29 is 9.53 Å². The van der Waals surface area contributed by atoms with Gasteiger partial charge in [-0.2, -0.15) is 0 Å². The van der Waals surface area contributed by atoms with Gasteiger partial charge in [0.1, 0.15) is 11.6 Å². The Balaban J connectivity index is 1.43. The second-order valence-corrected chi connectivity index (χ2v) is 7.28. The van der Waals surface area contributed by atoms with Crippen molar-refractivity contribution >= 4 is 17.4 Å². The smallest absolute Gasteiger partial charge is 0.257 e. The van der Waals surface area contributed by atoms with E-state index in [1.807, 2.05) is 41.3 Å². The van der Waals surface area contributed by atoms with E-state index in [1.54, 1.807) is 19.4 Å². The molecule has 0 saturated carbocycles. The lowest BCUT2D eigenvalue weighted by Gasteiger charge is -2.35. The van der Waals surface area contributed by atoms with Gasteiger partial charge in [0.25, 0.3) is 5.91 Å². The second kappa shape index (κ2) is 9.41. The van der Waals surface area contributed by atoms with Gasteiger partial charge in [-0.05, 0) is 29.8 Å². The number of amides is 1. The molecule has 2 aromatic carbocycles. The molecule has 0 spiro atoms. The molecule has 6 heteroatoms. The van der Waals surface area contributed by atoms with Crippen LogP contribution >= 0.6 is 0 Å². The topological polar surface area (TPSA) is 57.7 Å². The summed E-state index contributed by atoms with van der Waals surface area (Å²) < 4.78 is 5.40. The van der Waals surface area contributed by atoms with Crippen LogP contribution in [0.3, 0.4) is 0 Å². The first-order chi connectivity index (χ1) is 14.7. The van der Waals surface area contributed by atoms with Gasteiger partial charge in [-0.15, -0.1) is 0 Å². The molecule has 3 aromatic rings. The summed E-state index contributed by atoms with van der Waals surface area (Å²) in [6.07, 6.45) is 1.69. The highest BCUT2D eigenvalue weighted by Crippen LogP contribution is 2.28. The number of anilines is 2. The van der Waals surface area contributed by atoms with Gasteiger partial charge in [0.05, 0.1) is 18.4 Å². The highest BCUT2D eigenvalue weighted by Gasteiger charge is 2.24. The lowest BCUT2D eigenvalue weighted by molar-refractivity contribution is 0.0629. The number of ether oxygens (including phenoxy) is 1. The van der Waals surface area contributed by atoms with E-state index in [-0.39, 0.29) is 5.91 Å². The molecular formula is C24H26N4O2. The number of methoxy groups -OCH3 is 1. The number of nitrogens with zero attached hydrogens (tertiary/aromatic N) is 3. The number of pyridine rings is 1. The van der Waals surface area contributed by atoms with Gasteiger partial charge >= 0.3 is 0 Å². The first-order valence-electron chi connectivity index (χ1n) is 10.1. The van der Waals surface area contributed by atoms with Crippen molar-refractivity contribution in [2.75, 3.05) is 38.6 Å². The number of benzene rings is 2. The molecule has 30 heavy (non-hydrogen) atoms. The molecule has 6 nitrogen and oxygen atoms in total. The van der Waals surface area contributed by atoms with Crippen LogP contribution in [0.4, 0.5) is 11.5 Å². The molecule has 1 N–H and O–H groups in total. The third-order valence-corrected chi connectivity index (χ3v) is 5.31. The number of hydrogen-bond donors (Lipinski definition) is 1. The summed E-state index contributed by atoms with van der Waals surface area (Å²) in [6, 6.07) is 21.7. The van der Waals surface area contributed by atoms with Crippen LogP contribution in [0.15, 0.2) is 72.9 Å². The first-order valence-corrected chi connectivity index (χ1v) is 10.1. The van der Waals surface area contributed by atoms with Crippen LogP contribution in [0.25, 0.3) is 0 Å². The minimum atomic E-state index is -0.000130. The van der Waals surface area contributed by atoms with Gasteiger partial charge in [0, 0.05) is 38.9 Å². The van der Waals surface area contributed by atoms with Crippen LogP contribution in [-0.2, 0) is 6.54 Å². The molecule has 0 radical (unpaired) electrons. The van der Waals surface area contributed by atoms with Crippen molar-refractivity contribution in [3.63, 3.8) is 0 Å². The Hall–Kier alpha value is -3.38. The summed E-state index contributed by atoms with van der Waals surface area (Å²) in [4.78, 5) is 21.9. The zero-order valence-electron chi connectivity index (χ0n) is 17.1. The number of piperazine rings is 1. The quantitative estimate of drug-likeness (QED) is 0.680. The lowest BCUT2D eigenvalue weighted by atomic mass is 10.1. The van der Waals surface area contributed by atoms with Gasteiger partial charge in [-0.1, -0.05) is 42.5 Å². The Morgan fingerprint density at radius 3 is 2.47 bits per heavy atom. The van der Waals surface area contributed by atoms with Crippen LogP contribution < -0.4 is 10.1 Å². The molecule has 1 aliphatic heterocycles. The van der Waals surface area contributed by atoms with Gasteiger partial charge in [-0.3, -0.25) is 9.69 Å². The fourth-order valence-corrected chi connectivity index (χ4v) is 3.67. The largest absolute Gasteiger partial charge is 0.495 e. The maximum absolute atomic E-state index is 13.2. The number of para-hydroxylation sites is 2. The Kier molecular flexibility index (Phi) is 6.25. The molecule has 154 valence electrons. The zero-order valence-corrected chi connectivity index (χ0v) is 17.1. The average Bonchev–Trinajstić information content (AvgIpc) is 2.80. The molecule has 1 saturated heterocycles. The van der Waals surface area contributed by atoms with E-state index >= 15 is 0 Å². The van der Waals surface area contributed by atoms with Crippen LogP contribution in [-0.4, -0.2) is 54.0 Å². The van der Waals surface area contributed by atoms with E-state index < -0.39 is 0 Å². The standard InChI is InChI=1S/C24H26N4O2/c1-30-22-12-6-5-11-21(22)26-23-20(10-7-13-25-23)24(29)28-16-14-27(15-17-28)18-19-8-3-2-4-9-19/h2-13H,14-18H2,1H3,(H,25,26). The molecule has 2 heterocycles. The number of carbonyl (C=O) groups is 1. The predicted molar refractivity (Wildman–Crippen MR) is 118 cm³/mol. The van der Waals surface area contributed by atoms with E-state index in [4.69, 9.17) is 4.74 Å². The van der Waals surface area contributed by atoms with Gasteiger partial charge in [0.2, 0.25) is 0 Å². The van der Waals surface area contributed by atoms with Crippen molar-refractivity contribution in [2.24, 2.45) is 0 Å². The number of aromatic nitrogens is 1. The van der Waals surface area contributed by atoms with E-state index in [0.717, 1.165) is 25.3 Å². The molecule has 1 amide bonds. The normalized spacial score (nSPS) is 14.4. The van der Waals surface area contributed by atoms with E-state index in [1.165, 1.54) is 5.56 Å². The predicted octanol–water partition coefficient (Wildman–Crippen LogP) is 3.79. The fraction of sp³-hybridized carbons (Fsp3) is 0.250. The summed E-state index contributed by atoms with van der Waals surface area (Å²) in [5.41, 5.74) is 2.65. The Morgan fingerprint density at radius 1 is 0.967 bits per heavy atom. The number of nitrogens with one attached hydrogen (secondary N) is 1. The molecule has 0 aliphatic carbocycles. The third-order valence-electron chi connectivity index (χ3n) is 5.31. The van der Waals surface area contributed by atoms with Crippen molar-refractivity contribution in [3.8, 4) is 5.75 Å². The van der Waals surface area contributed by atoms with Gasteiger partial charge in [-0.25, -0.2) is 4.98 Å². The van der Waals surface area contributed by atoms with Crippen LogP contribution in [0.1, 0.15) is 15.9 Å². The lowest BCUT2D eigenvalue weighted by Crippen LogP contribution is -2.48. The van der Waals surface area contributed by atoms with Crippen molar-refractivity contribution in [1.29, 1.82) is 0 Å². The molecule has 4 rings (SSSR count). The monoisotopic (exact) mass is 402 g/mol. The molecule has 0 bridgehead atoms. The second-order valence-electron chi connectivity index (χ2n) is 7.28. The first kappa shape index (κ1) is 19.9. The summed E-state index contributed by atoms with van der Waals surface area (Å²) in [6.45, 7) is 4.03. The SMILES string of the molecule is COc1ccccc1Nc1ncccc1C(=O)N1CCN(Cc2ccccc2)CC1. The highest BCUT2D eigenvalue weighted by atomic mass is 16.5. The molecule has 1 aliphatic rings. The maximum Gasteiger partial charge on any atom is 0.257 e. The van der Waals surface area contributed by atoms with Crippen molar-refractivity contribution in [1.82, 2.24) is 14.8 Å². The summed E-state index contributed by atoms with van der Waals surface area (Å²) >= 11 is 0. The van der Waals surface area contributed by atoms with Crippen molar-refractivity contribution in [2.45, 2.75) is 6.54 Å². The molecule has 0 unspecified atom stereocenters. The van der Waals surface area contributed by atoms with E-state index in [9.17, 15) is 4.79 Å².